The van der Waals surface area contributed by atoms with Crippen molar-refractivity contribution in [2.45, 2.75) is 94.8 Å². The Hall–Kier alpha value is -3.31. The largest absolute Gasteiger partial charge is 0.508 e. The normalized spacial score (nSPS) is 17.2. The Morgan fingerprint density at radius 2 is 1.42 bits per heavy atom. The summed E-state index contributed by atoms with van der Waals surface area (Å²) in [5, 5.41) is 41.7. The van der Waals surface area contributed by atoms with E-state index in [9.17, 15) is 44.4 Å². The zero-order valence-corrected chi connectivity index (χ0v) is 24.8. The fourth-order valence-electron chi connectivity index (χ4n) is 4.59. The lowest BCUT2D eigenvalue weighted by molar-refractivity contribution is -0.183. The van der Waals surface area contributed by atoms with E-state index in [4.69, 9.17) is 28.7 Å². The molecule has 7 atom stereocenters. The second-order valence-electron chi connectivity index (χ2n) is 11.1. The molecule has 0 saturated heterocycles. The molecule has 0 aliphatic heterocycles. The summed E-state index contributed by atoms with van der Waals surface area (Å²) >= 11 is 0. The molecule has 1 aromatic carbocycles. The molecule has 1 aromatic rings. The number of aliphatic hydroxyl groups is 2. The van der Waals surface area contributed by atoms with Gasteiger partial charge in [-0.25, -0.2) is 4.79 Å². The molecular formula is C28H46N6O9. The molecule has 0 radical (unpaired) electrons. The first kappa shape index (κ1) is 37.7. The number of carbonyl (C=O) groups excluding carboxylic acids is 4. The Bertz CT molecular complexity index is 1130. The van der Waals surface area contributed by atoms with E-state index >= 15 is 0 Å². The molecule has 1 rings (SSSR count). The van der Waals surface area contributed by atoms with Gasteiger partial charge in [0.15, 0.2) is 17.7 Å². The number of phenolic OH excluding ortho intramolecular Hbond substituents is 1. The number of aromatic hydroxyl groups is 1. The minimum atomic E-state index is -3.65. The van der Waals surface area contributed by atoms with Crippen molar-refractivity contribution in [3.63, 3.8) is 0 Å². The number of imide groups is 1. The minimum absolute atomic E-state index is 0.0439. The van der Waals surface area contributed by atoms with E-state index in [0.717, 1.165) is 6.92 Å². The maximum Gasteiger partial charge on any atom is 0.341 e. The van der Waals surface area contributed by atoms with Crippen molar-refractivity contribution >= 4 is 29.4 Å². The SMILES string of the molecule is CC(C)CC(N)C(=O)C(O)C(C(=O)O)(C(=O)C(N)CCCCN)N(C(=O)C(N)Cc1ccc(O)cc1)C(=O)C(N)C(C)O. The third-order valence-electron chi connectivity index (χ3n) is 7.07. The average molecular weight is 611 g/mol. The molecule has 7 unspecified atom stereocenters. The van der Waals surface area contributed by atoms with Crippen molar-refractivity contribution in [3.05, 3.63) is 29.8 Å². The van der Waals surface area contributed by atoms with Crippen molar-refractivity contribution in [1.29, 1.82) is 0 Å². The molecule has 0 bridgehead atoms. The highest BCUT2D eigenvalue weighted by molar-refractivity contribution is 6.21. The van der Waals surface area contributed by atoms with Crippen LogP contribution in [-0.2, 0) is 30.4 Å². The van der Waals surface area contributed by atoms with Crippen molar-refractivity contribution in [3.8, 4) is 5.75 Å². The van der Waals surface area contributed by atoms with Crippen LogP contribution in [0.5, 0.6) is 5.75 Å². The summed E-state index contributed by atoms with van der Waals surface area (Å²) in [6, 6.07) is -1.53. The van der Waals surface area contributed by atoms with Crippen molar-refractivity contribution in [2.24, 2.45) is 34.6 Å². The molecular weight excluding hydrogens is 564 g/mol. The number of unbranched alkanes of at least 4 members (excludes halogenated alkanes) is 1. The number of amides is 2. The van der Waals surface area contributed by atoms with Crippen molar-refractivity contribution < 1.29 is 44.4 Å². The van der Waals surface area contributed by atoms with Gasteiger partial charge in [-0.3, -0.25) is 24.1 Å². The maximum absolute atomic E-state index is 14.0. The number of hydrogen-bond donors (Lipinski definition) is 9. The number of Topliss-reactive ketones (excluding diaryl/α,β-unsaturated/α-hetero) is 2. The number of carboxylic acid groups (broad SMARTS) is 1. The van der Waals surface area contributed by atoms with Crippen LogP contribution in [0.3, 0.4) is 0 Å². The number of nitrogens with zero attached hydrogens (tertiary/aromatic N) is 1. The molecule has 0 saturated carbocycles. The van der Waals surface area contributed by atoms with E-state index in [2.05, 4.69) is 0 Å². The van der Waals surface area contributed by atoms with Gasteiger partial charge in [0.25, 0.3) is 0 Å². The maximum atomic E-state index is 14.0. The van der Waals surface area contributed by atoms with Gasteiger partial charge in [-0.05, 0) is 62.8 Å². The number of hydrogen-bond acceptors (Lipinski definition) is 13. The van der Waals surface area contributed by atoms with Gasteiger partial charge in [-0.15, -0.1) is 0 Å². The summed E-state index contributed by atoms with van der Waals surface area (Å²) in [4.78, 5) is 68.2. The average Bonchev–Trinajstić information content (AvgIpc) is 2.94. The number of phenols is 1. The van der Waals surface area contributed by atoms with Crippen LogP contribution < -0.4 is 28.7 Å². The summed E-state index contributed by atoms with van der Waals surface area (Å²) in [6.07, 6.45) is -4.51. The predicted octanol–water partition coefficient (Wildman–Crippen LogP) is -2.52. The van der Waals surface area contributed by atoms with Gasteiger partial charge in [-0.1, -0.05) is 32.4 Å². The molecule has 0 heterocycles. The van der Waals surface area contributed by atoms with Crippen LogP contribution >= 0.6 is 0 Å². The molecule has 15 heteroatoms. The monoisotopic (exact) mass is 610 g/mol. The number of aliphatic hydroxyl groups excluding tert-OH is 2. The zero-order valence-electron chi connectivity index (χ0n) is 24.8. The third kappa shape index (κ3) is 9.09. The zero-order chi connectivity index (χ0) is 33.2. The van der Waals surface area contributed by atoms with E-state index in [0.29, 0.717) is 12.0 Å². The quantitative estimate of drug-likeness (QED) is 0.0612. The van der Waals surface area contributed by atoms with Crippen LogP contribution in [0, 0.1) is 5.92 Å². The number of carbonyl (C=O) groups is 5. The van der Waals surface area contributed by atoms with Gasteiger partial charge in [0, 0.05) is 0 Å². The van der Waals surface area contributed by atoms with Gasteiger partial charge in [0.05, 0.1) is 24.2 Å². The van der Waals surface area contributed by atoms with Crippen LogP contribution in [0.15, 0.2) is 24.3 Å². The third-order valence-corrected chi connectivity index (χ3v) is 7.07. The summed E-state index contributed by atoms with van der Waals surface area (Å²) in [6.45, 7) is 4.69. The second kappa shape index (κ2) is 16.5. The van der Waals surface area contributed by atoms with Crippen LogP contribution in [0.25, 0.3) is 0 Å². The highest BCUT2D eigenvalue weighted by Gasteiger charge is 2.65. The Morgan fingerprint density at radius 3 is 1.88 bits per heavy atom. The lowest BCUT2D eigenvalue weighted by atomic mass is 9.76. The van der Waals surface area contributed by atoms with E-state index in [1.54, 1.807) is 13.8 Å². The fraction of sp³-hybridized carbons (Fsp3) is 0.607. The first-order valence-electron chi connectivity index (χ1n) is 14.0. The van der Waals surface area contributed by atoms with E-state index in [-0.39, 0.29) is 48.8 Å². The molecule has 0 fully saturated rings. The molecule has 14 N–H and O–H groups in total. The van der Waals surface area contributed by atoms with Crippen molar-refractivity contribution in [1.82, 2.24) is 4.90 Å². The molecule has 0 aliphatic carbocycles. The molecule has 242 valence electrons. The van der Waals surface area contributed by atoms with Gasteiger partial charge < -0.3 is 49.1 Å². The molecule has 0 aromatic heterocycles. The highest BCUT2D eigenvalue weighted by Crippen LogP contribution is 2.30. The molecule has 43 heavy (non-hydrogen) atoms. The van der Waals surface area contributed by atoms with Crippen molar-refractivity contribution in [2.75, 3.05) is 6.54 Å². The van der Waals surface area contributed by atoms with E-state index in [1.165, 1.54) is 24.3 Å². The predicted molar refractivity (Wildman–Crippen MR) is 156 cm³/mol. The number of nitrogens with two attached hydrogens (primary N) is 5. The fourth-order valence-corrected chi connectivity index (χ4v) is 4.59. The Balaban J connectivity index is 3.98. The van der Waals surface area contributed by atoms with Crippen LogP contribution in [-0.4, -0.2) is 103 Å². The number of benzene rings is 1. The molecule has 2 amide bonds. The number of ketones is 2. The Kier molecular flexibility index (Phi) is 14.5. The molecule has 0 spiro atoms. The van der Waals surface area contributed by atoms with Gasteiger partial charge in [0.1, 0.15) is 11.8 Å². The van der Waals surface area contributed by atoms with Crippen LogP contribution in [0.4, 0.5) is 0 Å². The standard InChI is InChI=1S/C28H46N6O9/c1-14(2)12-19(31)22(37)24(39)28(27(42)43,23(38)18(30)6-4-5-11-29)34(26(41)21(33)15(3)35)25(40)20(32)13-16-7-9-17(36)10-8-16/h7-10,14-15,18-21,24,35-36,39H,4-6,11-13,29-33H2,1-3H3,(H,42,43). The highest BCUT2D eigenvalue weighted by atomic mass is 16.4. The van der Waals surface area contributed by atoms with Gasteiger partial charge in [0.2, 0.25) is 17.4 Å². The first-order chi connectivity index (χ1) is 19.9. The number of rotatable bonds is 18. The van der Waals surface area contributed by atoms with E-state index < -0.39 is 71.3 Å². The number of aliphatic carboxylic acids is 1. The summed E-state index contributed by atoms with van der Waals surface area (Å²) in [5.74, 6) is -8.56. The Labute approximate surface area is 250 Å². The summed E-state index contributed by atoms with van der Waals surface area (Å²) in [7, 11) is 0. The lowest BCUT2D eigenvalue weighted by Crippen LogP contribution is -2.77. The minimum Gasteiger partial charge on any atom is -0.508 e. The number of carboxylic acids is 1. The second-order valence-corrected chi connectivity index (χ2v) is 11.1. The summed E-state index contributed by atoms with van der Waals surface area (Å²) < 4.78 is 0. The Morgan fingerprint density at radius 1 is 0.860 bits per heavy atom. The van der Waals surface area contributed by atoms with Crippen LogP contribution in [0.1, 0.15) is 52.0 Å². The van der Waals surface area contributed by atoms with Crippen LogP contribution in [0.2, 0.25) is 0 Å². The molecule has 15 nitrogen and oxygen atoms in total. The van der Waals surface area contributed by atoms with Gasteiger partial charge in [-0.2, -0.15) is 0 Å². The molecule has 0 aliphatic rings. The van der Waals surface area contributed by atoms with E-state index in [1.807, 2.05) is 0 Å². The van der Waals surface area contributed by atoms with Gasteiger partial charge >= 0.3 is 5.97 Å². The first-order valence-corrected chi connectivity index (χ1v) is 14.0. The lowest BCUT2D eigenvalue weighted by Gasteiger charge is -2.43. The topological polar surface area (TPSA) is 300 Å². The smallest absolute Gasteiger partial charge is 0.341 e. The summed E-state index contributed by atoms with van der Waals surface area (Å²) in [5.41, 5.74) is 26.2.